The van der Waals surface area contributed by atoms with Crippen LogP contribution in [0.4, 0.5) is 0 Å². The first-order valence-corrected chi connectivity index (χ1v) is 6.97. The van der Waals surface area contributed by atoms with Gasteiger partial charge in [0.05, 0.1) is 13.7 Å². The van der Waals surface area contributed by atoms with Crippen molar-refractivity contribution in [3.05, 3.63) is 29.8 Å². The molecule has 0 spiro atoms. The zero-order chi connectivity index (χ0) is 16.1. The van der Waals surface area contributed by atoms with Gasteiger partial charge in [0.1, 0.15) is 11.8 Å². The predicted molar refractivity (Wildman–Crippen MR) is 77.7 cm³/mol. The second-order valence-electron chi connectivity index (χ2n) is 5.00. The number of methoxy groups -OCH3 is 1. The lowest BCUT2D eigenvalue weighted by atomic mass is 10.2. The fourth-order valence-corrected chi connectivity index (χ4v) is 2.45. The van der Waals surface area contributed by atoms with Gasteiger partial charge in [-0.05, 0) is 31.0 Å². The molecule has 0 saturated carbocycles. The third kappa shape index (κ3) is 3.55. The van der Waals surface area contributed by atoms with Crippen molar-refractivity contribution in [2.45, 2.75) is 18.9 Å². The van der Waals surface area contributed by atoms with Crippen molar-refractivity contribution in [3.63, 3.8) is 0 Å². The van der Waals surface area contributed by atoms with Crippen LogP contribution >= 0.6 is 0 Å². The van der Waals surface area contributed by atoms with Gasteiger partial charge in [-0.25, -0.2) is 4.79 Å². The summed E-state index contributed by atoms with van der Waals surface area (Å²) in [7, 11) is 1.50. The number of nitrogens with one attached hydrogen (secondary N) is 1. The largest absolute Gasteiger partial charge is 0.497 e. The summed E-state index contributed by atoms with van der Waals surface area (Å²) in [5.74, 6) is -1.26. The van der Waals surface area contributed by atoms with Crippen LogP contribution in [0.3, 0.4) is 0 Å². The summed E-state index contributed by atoms with van der Waals surface area (Å²) in [6.45, 7) is 0.185. The van der Waals surface area contributed by atoms with Gasteiger partial charge in [-0.1, -0.05) is 6.07 Å². The van der Waals surface area contributed by atoms with E-state index in [1.807, 2.05) is 0 Å². The molecule has 1 unspecified atom stereocenters. The van der Waals surface area contributed by atoms with Crippen molar-refractivity contribution in [2.24, 2.45) is 0 Å². The Labute approximate surface area is 127 Å². The Morgan fingerprint density at radius 1 is 1.41 bits per heavy atom. The Morgan fingerprint density at radius 2 is 2.18 bits per heavy atom. The molecular weight excluding hydrogens is 288 g/mol. The summed E-state index contributed by atoms with van der Waals surface area (Å²) >= 11 is 0. The molecule has 1 aliphatic rings. The van der Waals surface area contributed by atoms with Crippen molar-refractivity contribution in [3.8, 4) is 5.75 Å². The third-order valence-electron chi connectivity index (χ3n) is 3.59. The van der Waals surface area contributed by atoms with Crippen LogP contribution in [-0.2, 0) is 9.59 Å². The molecule has 1 saturated heterocycles. The SMILES string of the molecule is COc1cccc(C(=O)NCC(=O)N2CCCC2C(=O)O)c1. The lowest BCUT2D eigenvalue weighted by molar-refractivity contribution is -0.147. The van der Waals surface area contributed by atoms with Gasteiger partial charge in [0.2, 0.25) is 5.91 Å². The minimum absolute atomic E-state index is 0.222. The maximum Gasteiger partial charge on any atom is 0.326 e. The average molecular weight is 306 g/mol. The molecule has 22 heavy (non-hydrogen) atoms. The van der Waals surface area contributed by atoms with Crippen molar-refractivity contribution in [1.82, 2.24) is 10.2 Å². The number of benzene rings is 1. The van der Waals surface area contributed by atoms with Crippen LogP contribution in [0.1, 0.15) is 23.2 Å². The van der Waals surface area contributed by atoms with Gasteiger partial charge < -0.3 is 20.1 Å². The summed E-state index contributed by atoms with van der Waals surface area (Å²) in [6.07, 6.45) is 1.11. The predicted octanol–water partition coefficient (Wildman–Crippen LogP) is 0.501. The van der Waals surface area contributed by atoms with E-state index in [-0.39, 0.29) is 12.5 Å². The normalized spacial score (nSPS) is 17.1. The van der Waals surface area contributed by atoms with Crippen molar-refractivity contribution in [2.75, 3.05) is 20.2 Å². The van der Waals surface area contributed by atoms with Gasteiger partial charge in [0.15, 0.2) is 0 Å². The number of carboxylic acid groups (broad SMARTS) is 1. The highest BCUT2D eigenvalue weighted by molar-refractivity contribution is 5.97. The summed E-state index contributed by atoms with van der Waals surface area (Å²) in [5.41, 5.74) is 0.378. The number of ether oxygens (including phenoxy) is 1. The number of carbonyl (C=O) groups is 3. The van der Waals surface area contributed by atoms with Gasteiger partial charge in [-0.15, -0.1) is 0 Å². The van der Waals surface area contributed by atoms with E-state index < -0.39 is 17.9 Å². The summed E-state index contributed by atoms with van der Waals surface area (Å²) in [5, 5.41) is 11.6. The van der Waals surface area contributed by atoms with Crippen LogP contribution in [-0.4, -0.2) is 54.0 Å². The molecule has 1 atom stereocenters. The van der Waals surface area contributed by atoms with E-state index in [9.17, 15) is 14.4 Å². The van der Waals surface area contributed by atoms with Crippen molar-refractivity contribution >= 4 is 17.8 Å². The van der Waals surface area contributed by atoms with Crippen molar-refractivity contribution in [1.29, 1.82) is 0 Å². The fourth-order valence-electron chi connectivity index (χ4n) is 2.45. The highest BCUT2D eigenvalue weighted by atomic mass is 16.5. The maximum atomic E-state index is 12.0. The van der Waals surface area contributed by atoms with E-state index in [1.54, 1.807) is 24.3 Å². The van der Waals surface area contributed by atoms with E-state index in [4.69, 9.17) is 9.84 Å². The van der Waals surface area contributed by atoms with E-state index in [2.05, 4.69) is 5.32 Å². The Bertz CT molecular complexity index is 587. The standard InChI is InChI=1S/C15H18N2O5/c1-22-11-5-2-4-10(8-11)14(19)16-9-13(18)17-7-3-6-12(17)15(20)21/h2,4-5,8,12H,3,6-7,9H2,1H3,(H,16,19)(H,20,21). The number of nitrogens with zero attached hydrogens (tertiary/aromatic N) is 1. The molecule has 1 aliphatic heterocycles. The van der Waals surface area contributed by atoms with Crippen LogP contribution in [0.15, 0.2) is 24.3 Å². The number of hydrogen-bond acceptors (Lipinski definition) is 4. The van der Waals surface area contributed by atoms with Gasteiger partial charge in [0, 0.05) is 12.1 Å². The Kier molecular flexibility index (Phi) is 4.98. The number of amides is 2. The molecule has 2 N–H and O–H groups in total. The second kappa shape index (κ2) is 6.93. The van der Waals surface area contributed by atoms with Gasteiger partial charge in [-0.3, -0.25) is 9.59 Å². The lowest BCUT2D eigenvalue weighted by Gasteiger charge is -2.21. The Hall–Kier alpha value is -2.57. The number of carbonyl (C=O) groups excluding carboxylic acids is 2. The lowest BCUT2D eigenvalue weighted by Crippen LogP contribution is -2.45. The number of likely N-dealkylation sites (tertiary alicyclic amines) is 1. The summed E-state index contributed by atoms with van der Waals surface area (Å²) in [4.78, 5) is 36.4. The Balaban J connectivity index is 1.93. The Morgan fingerprint density at radius 3 is 2.86 bits per heavy atom. The molecule has 2 rings (SSSR count). The molecule has 2 amide bonds. The smallest absolute Gasteiger partial charge is 0.326 e. The van der Waals surface area contributed by atoms with Crippen LogP contribution < -0.4 is 10.1 Å². The fraction of sp³-hybridized carbons (Fsp3) is 0.400. The van der Waals surface area contributed by atoms with Gasteiger partial charge in [0.25, 0.3) is 5.91 Å². The monoisotopic (exact) mass is 306 g/mol. The van der Waals surface area contributed by atoms with Crippen molar-refractivity contribution < 1.29 is 24.2 Å². The van der Waals surface area contributed by atoms with Gasteiger partial charge >= 0.3 is 5.97 Å². The molecule has 1 aromatic rings. The first kappa shape index (κ1) is 15.8. The molecule has 0 radical (unpaired) electrons. The molecule has 0 bridgehead atoms. The van der Waals surface area contributed by atoms with Crippen LogP contribution in [0.2, 0.25) is 0 Å². The molecule has 1 fully saturated rings. The van der Waals surface area contributed by atoms with E-state index in [0.717, 1.165) is 0 Å². The molecule has 0 aliphatic carbocycles. The molecule has 118 valence electrons. The van der Waals surface area contributed by atoms with Crippen LogP contribution in [0.5, 0.6) is 5.75 Å². The minimum atomic E-state index is -1.01. The average Bonchev–Trinajstić information content (AvgIpc) is 3.02. The number of hydrogen-bond donors (Lipinski definition) is 2. The second-order valence-corrected chi connectivity index (χ2v) is 5.00. The quantitative estimate of drug-likeness (QED) is 0.826. The summed E-state index contributed by atoms with van der Waals surface area (Å²) < 4.78 is 5.03. The molecule has 7 nitrogen and oxygen atoms in total. The topological polar surface area (TPSA) is 95.9 Å². The van der Waals surface area contributed by atoms with Crippen LogP contribution in [0.25, 0.3) is 0 Å². The molecule has 1 aromatic carbocycles. The molecule has 1 heterocycles. The highest BCUT2D eigenvalue weighted by Crippen LogP contribution is 2.17. The first-order chi connectivity index (χ1) is 10.5. The maximum absolute atomic E-state index is 12.0. The summed E-state index contributed by atoms with van der Waals surface area (Å²) in [6, 6.07) is 5.77. The molecular formula is C15H18N2O5. The molecule has 0 aromatic heterocycles. The molecule has 7 heteroatoms. The number of aliphatic carboxylic acids is 1. The number of carboxylic acids is 1. The van der Waals surface area contributed by atoms with E-state index in [0.29, 0.717) is 30.7 Å². The zero-order valence-electron chi connectivity index (χ0n) is 12.2. The van der Waals surface area contributed by atoms with E-state index >= 15 is 0 Å². The first-order valence-electron chi connectivity index (χ1n) is 6.97. The van der Waals surface area contributed by atoms with E-state index in [1.165, 1.54) is 12.0 Å². The third-order valence-corrected chi connectivity index (χ3v) is 3.59. The minimum Gasteiger partial charge on any atom is -0.497 e. The highest BCUT2D eigenvalue weighted by Gasteiger charge is 2.33. The van der Waals surface area contributed by atoms with Gasteiger partial charge in [-0.2, -0.15) is 0 Å². The van der Waals surface area contributed by atoms with Crippen LogP contribution in [0, 0.1) is 0 Å². The number of rotatable bonds is 5. The zero-order valence-corrected chi connectivity index (χ0v) is 12.2.